The summed E-state index contributed by atoms with van der Waals surface area (Å²) in [7, 11) is 0. The second kappa shape index (κ2) is 12.8. The highest BCUT2D eigenvalue weighted by Crippen LogP contribution is 1.96. The molecule has 0 saturated carbocycles. The minimum absolute atomic E-state index is 0.197. The van der Waals surface area contributed by atoms with Crippen molar-refractivity contribution in [3.8, 4) is 0 Å². The Balaban J connectivity index is 3.30. The van der Waals surface area contributed by atoms with Crippen molar-refractivity contribution in [1.82, 2.24) is 0 Å². The Bertz CT molecular complexity index is 262. The normalized spacial score (nSPS) is 11.9. The van der Waals surface area contributed by atoms with Gasteiger partial charge in [-0.05, 0) is 32.1 Å². The predicted molar refractivity (Wildman–Crippen MR) is 72.8 cm³/mol. The van der Waals surface area contributed by atoms with Crippen LogP contribution in [0.15, 0.2) is 36.5 Å². The molecule has 0 N–H and O–H groups in total. The van der Waals surface area contributed by atoms with Gasteiger partial charge in [0.25, 0.3) is 0 Å². The van der Waals surface area contributed by atoms with Crippen molar-refractivity contribution >= 4 is 5.97 Å². The third kappa shape index (κ3) is 14.7. The third-order valence-corrected chi connectivity index (χ3v) is 2.10. The smallest absolute Gasteiger partial charge is 0.302 e. The van der Waals surface area contributed by atoms with E-state index in [2.05, 4.69) is 43.4 Å². The number of hydrogen-bond acceptors (Lipinski definition) is 2. The first-order valence-electron chi connectivity index (χ1n) is 6.35. The summed E-state index contributed by atoms with van der Waals surface area (Å²) in [6.45, 7) is 4.10. The van der Waals surface area contributed by atoms with Crippen LogP contribution in [-0.2, 0) is 9.53 Å². The maximum atomic E-state index is 10.5. The quantitative estimate of drug-likeness (QED) is 0.341. The van der Waals surface area contributed by atoms with Gasteiger partial charge in [-0.2, -0.15) is 0 Å². The van der Waals surface area contributed by atoms with E-state index in [1.807, 2.05) is 0 Å². The van der Waals surface area contributed by atoms with Crippen molar-refractivity contribution in [2.24, 2.45) is 0 Å². The third-order valence-electron chi connectivity index (χ3n) is 2.10. The highest BCUT2D eigenvalue weighted by molar-refractivity contribution is 5.65. The largest absolute Gasteiger partial charge is 0.466 e. The Labute approximate surface area is 105 Å². The standard InChI is InChI=1S/C15H24O2/c1-3-4-5-6-7-8-9-10-11-12-13-14-17-15(2)16/h4-5,7-8,10-11H,3,6,9,12-14H2,1-2H3/b5-4?,8-7?,11-10-. The number of ether oxygens (including phenoxy) is 1. The molecule has 2 heteroatoms. The minimum atomic E-state index is -0.197. The van der Waals surface area contributed by atoms with Crippen molar-refractivity contribution in [3.05, 3.63) is 36.5 Å². The fourth-order valence-electron chi connectivity index (χ4n) is 1.24. The summed E-state index contributed by atoms with van der Waals surface area (Å²) in [5.74, 6) is -0.197. The van der Waals surface area contributed by atoms with Crippen LogP contribution in [-0.4, -0.2) is 12.6 Å². The zero-order valence-corrected chi connectivity index (χ0v) is 11.0. The summed E-state index contributed by atoms with van der Waals surface area (Å²) in [4.78, 5) is 10.5. The van der Waals surface area contributed by atoms with Crippen molar-refractivity contribution in [1.29, 1.82) is 0 Å². The molecular formula is C15H24O2. The molecule has 0 atom stereocenters. The van der Waals surface area contributed by atoms with Gasteiger partial charge in [-0.3, -0.25) is 4.79 Å². The summed E-state index contributed by atoms with van der Waals surface area (Å²) in [6.07, 6.45) is 18.0. The number of allylic oxidation sites excluding steroid dienone is 6. The molecule has 0 aliphatic heterocycles. The van der Waals surface area contributed by atoms with Crippen molar-refractivity contribution < 1.29 is 9.53 Å². The van der Waals surface area contributed by atoms with Gasteiger partial charge in [-0.15, -0.1) is 0 Å². The Morgan fingerprint density at radius 2 is 1.59 bits per heavy atom. The summed E-state index contributed by atoms with van der Waals surface area (Å²) in [6, 6.07) is 0. The summed E-state index contributed by atoms with van der Waals surface area (Å²) < 4.78 is 4.83. The molecule has 0 aliphatic carbocycles. The predicted octanol–water partition coefficient (Wildman–Crippen LogP) is 4.19. The number of unbranched alkanes of at least 4 members (excludes halogenated alkanes) is 1. The maximum absolute atomic E-state index is 10.5. The lowest BCUT2D eigenvalue weighted by atomic mass is 10.2. The topological polar surface area (TPSA) is 26.3 Å². The van der Waals surface area contributed by atoms with Crippen LogP contribution in [0.2, 0.25) is 0 Å². The van der Waals surface area contributed by atoms with Gasteiger partial charge in [0, 0.05) is 6.92 Å². The molecule has 96 valence electrons. The fourth-order valence-corrected chi connectivity index (χ4v) is 1.24. The molecule has 0 saturated heterocycles. The molecule has 0 radical (unpaired) electrons. The molecule has 0 aromatic carbocycles. The molecule has 0 heterocycles. The molecule has 0 rings (SSSR count). The van der Waals surface area contributed by atoms with Gasteiger partial charge < -0.3 is 4.74 Å². The van der Waals surface area contributed by atoms with E-state index in [0.29, 0.717) is 6.61 Å². The molecule has 2 nitrogen and oxygen atoms in total. The van der Waals surface area contributed by atoms with Crippen LogP contribution in [0.5, 0.6) is 0 Å². The first-order chi connectivity index (χ1) is 8.27. The van der Waals surface area contributed by atoms with Crippen LogP contribution in [0.4, 0.5) is 0 Å². The molecule has 0 spiro atoms. The number of carbonyl (C=O) groups is 1. The minimum Gasteiger partial charge on any atom is -0.466 e. The van der Waals surface area contributed by atoms with Crippen LogP contribution < -0.4 is 0 Å². The number of rotatable bonds is 9. The first-order valence-corrected chi connectivity index (χ1v) is 6.35. The average molecular weight is 236 g/mol. The molecule has 0 aromatic rings. The molecule has 0 aliphatic rings. The van der Waals surface area contributed by atoms with Crippen LogP contribution >= 0.6 is 0 Å². The number of esters is 1. The zero-order valence-electron chi connectivity index (χ0n) is 11.0. The fraction of sp³-hybridized carbons (Fsp3) is 0.533. The van der Waals surface area contributed by atoms with E-state index in [9.17, 15) is 4.79 Å². The van der Waals surface area contributed by atoms with Crippen molar-refractivity contribution in [3.63, 3.8) is 0 Å². The molecule has 0 bridgehead atoms. The monoisotopic (exact) mass is 236 g/mol. The van der Waals surface area contributed by atoms with E-state index >= 15 is 0 Å². The van der Waals surface area contributed by atoms with E-state index in [1.54, 1.807) is 0 Å². The van der Waals surface area contributed by atoms with Crippen LogP contribution in [0.25, 0.3) is 0 Å². The van der Waals surface area contributed by atoms with Gasteiger partial charge in [0.05, 0.1) is 6.61 Å². The molecule has 0 fully saturated rings. The van der Waals surface area contributed by atoms with Gasteiger partial charge in [0.2, 0.25) is 0 Å². The molecular weight excluding hydrogens is 212 g/mol. The second-order valence-corrected chi connectivity index (χ2v) is 3.78. The van der Waals surface area contributed by atoms with E-state index in [4.69, 9.17) is 4.74 Å². The summed E-state index contributed by atoms with van der Waals surface area (Å²) >= 11 is 0. The number of carbonyl (C=O) groups excluding carboxylic acids is 1. The molecule has 0 amide bonds. The Hall–Kier alpha value is -1.31. The Morgan fingerprint density at radius 3 is 2.18 bits per heavy atom. The van der Waals surface area contributed by atoms with Crippen molar-refractivity contribution in [2.75, 3.05) is 6.61 Å². The Morgan fingerprint density at radius 1 is 1.00 bits per heavy atom. The van der Waals surface area contributed by atoms with Gasteiger partial charge in [-0.1, -0.05) is 43.4 Å². The zero-order chi connectivity index (χ0) is 12.8. The molecule has 0 unspecified atom stereocenters. The van der Waals surface area contributed by atoms with Gasteiger partial charge in [0.15, 0.2) is 0 Å². The van der Waals surface area contributed by atoms with E-state index in [1.165, 1.54) is 6.92 Å². The summed E-state index contributed by atoms with van der Waals surface area (Å²) in [5.41, 5.74) is 0. The Kier molecular flexibility index (Phi) is 11.8. The lowest BCUT2D eigenvalue weighted by Gasteiger charge is -1.97. The first kappa shape index (κ1) is 15.7. The van der Waals surface area contributed by atoms with Gasteiger partial charge in [-0.25, -0.2) is 0 Å². The van der Waals surface area contributed by atoms with Gasteiger partial charge in [0.1, 0.15) is 0 Å². The number of hydrogen-bond donors (Lipinski definition) is 0. The SMILES string of the molecule is CCC=CCC=CC/C=C\CCCOC(C)=O. The van der Waals surface area contributed by atoms with Crippen LogP contribution in [0.1, 0.15) is 46.0 Å². The van der Waals surface area contributed by atoms with E-state index in [0.717, 1.165) is 32.1 Å². The highest BCUT2D eigenvalue weighted by Gasteiger charge is 1.89. The second-order valence-electron chi connectivity index (χ2n) is 3.78. The van der Waals surface area contributed by atoms with Crippen LogP contribution in [0.3, 0.4) is 0 Å². The van der Waals surface area contributed by atoms with Crippen LogP contribution in [0, 0.1) is 0 Å². The molecule has 0 aromatic heterocycles. The van der Waals surface area contributed by atoms with E-state index < -0.39 is 0 Å². The molecule has 17 heavy (non-hydrogen) atoms. The lowest BCUT2D eigenvalue weighted by Crippen LogP contribution is -1.99. The average Bonchev–Trinajstić information content (AvgIpc) is 2.30. The summed E-state index contributed by atoms with van der Waals surface area (Å²) in [5, 5.41) is 0. The lowest BCUT2D eigenvalue weighted by molar-refractivity contribution is -0.141. The van der Waals surface area contributed by atoms with E-state index in [-0.39, 0.29) is 5.97 Å². The highest BCUT2D eigenvalue weighted by atomic mass is 16.5. The van der Waals surface area contributed by atoms with Crippen molar-refractivity contribution in [2.45, 2.75) is 46.0 Å². The maximum Gasteiger partial charge on any atom is 0.302 e. The van der Waals surface area contributed by atoms with Gasteiger partial charge >= 0.3 is 5.97 Å².